The van der Waals surface area contributed by atoms with Gasteiger partial charge < -0.3 is 10.6 Å². The van der Waals surface area contributed by atoms with Gasteiger partial charge in [0.15, 0.2) is 0 Å². The Balaban J connectivity index is 0.000000211. The highest BCUT2D eigenvalue weighted by Crippen LogP contribution is 2.33. The Labute approximate surface area is 167 Å². The average molecular weight is 364 g/mol. The maximum absolute atomic E-state index is 5.45. The Hall–Kier alpha value is -3.78. The number of nitrogen functional groups attached to an aromatic ring is 1. The summed E-state index contributed by atoms with van der Waals surface area (Å²) in [6.07, 6.45) is 1.79. The van der Waals surface area contributed by atoms with Gasteiger partial charge in [-0.25, -0.2) is 0 Å². The number of hydrogen-bond acceptors (Lipinski definition) is 2. The van der Waals surface area contributed by atoms with Crippen molar-refractivity contribution in [1.29, 1.82) is 0 Å². The van der Waals surface area contributed by atoms with Gasteiger partial charge in [0.2, 0.25) is 0 Å². The number of nitrogens with two attached hydrogens (primary N) is 1. The van der Waals surface area contributed by atoms with E-state index in [0.717, 1.165) is 11.3 Å². The number of hydrogen-bond donors (Lipinski definition) is 1. The molecule has 0 heterocycles. The fourth-order valence-corrected chi connectivity index (χ4v) is 2.81. The normalized spacial score (nSPS) is 9.71. The summed E-state index contributed by atoms with van der Waals surface area (Å²) in [4.78, 5) is 2.25. The van der Waals surface area contributed by atoms with E-state index >= 15 is 0 Å². The molecule has 0 aliphatic rings. The van der Waals surface area contributed by atoms with Crippen LogP contribution >= 0.6 is 0 Å². The van der Waals surface area contributed by atoms with Crippen molar-refractivity contribution in [2.45, 2.75) is 0 Å². The highest BCUT2D eigenvalue weighted by Gasteiger charge is 2.10. The molecule has 4 aromatic rings. The van der Waals surface area contributed by atoms with E-state index in [2.05, 4.69) is 84.3 Å². The van der Waals surface area contributed by atoms with Gasteiger partial charge in [0.05, 0.1) is 0 Å². The van der Waals surface area contributed by atoms with E-state index in [-0.39, 0.29) is 0 Å². The lowest BCUT2D eigenvalue weighted by Crippen LogP contribution is -2.09. The van der Waals surface area contributed by atoms with Gasteiger partial charge in [-0.05, 0) is 54.1 Å². The lowest BCUT2D eigenvalue weighted by atomic mass is 10.2. The predicted molar refractivity (Wildman–Crippen MR) is 122 cm³/mol. The summed E-state index contributed by atoms with van der Waals surface area (Å²) in [5.41, 5.74) is 10.8. The van der Waals surface area contributed by atoms with Crippen LogP contribution in [-0.2, 0) is 0 Å². The molecular weight excluding hydrogens is 340 g/mol. The second-order valence-electron chi connectivity index (χ2n) is 6.21. The van der Waals surface area contributed by atoms with Gasteiger partial charge in [-0.3, -0.25) is 0 Å². The first kappa shape index (κ1) is 19.0. The van der Waals surface area contributed by atoms with Crippen LogP contribution in [0.1, 0.15) is 5.56 Å². The van der Waals surface area contributed by atoms with Crippen LogP contribution in [0.25, 0.3) is 6.08 Å². The molecule has 2 heteroatoms. The van der Waals surface area contributed by atoms with Crippen molar-refractivity contribution in [3.63, 3.8) is 0 Å². The lowest BCUT2D eigenvalue weighted by molar-refractivity contribution is 1.28. The van der Waals surface area contributed by atoms with Gasteiger partial charge in [-0.2, -0.15) is 0 Å². The molecule has 0 saturated carbocycles. The van der Waals surface area contributed by atoms with Crippen molar-refractivity contribution in [3.05, 3.63) is 127 Å². The minimum atomic E-state index is 0.792. The molecule has 0 spiro atoms. The number of anilines is 4. The zero-order chi connectivity index (χ0) is 19.6. The molecule has 0 unspecified atom stereocenters. The van der Waals surface area contributed by atoms with Crippen LogP contribution in [0, 0.1) is 0 Å². The fraction of sp³-hybridized carbons (Fsp3) is 0. The van der Waals surface area contributed by atoms with Crippen LogP contribution in [0.5, 0.6) is 0 Å². The van der Waals surface area contributed by atoms with Crippen molar-refractivity contribution in [1.82, 2.24) is 0 Å². The maximum Gasteiger partial charge on any atom is 0.0461 e. The quantitative estimate of drug-likeness (QED) is 0.392. The highest BCUT2D eigenvalue weighted by molar-refractivity contribution is 5.76. The van der Waals surface area contributed by atoms with Crippen LogP contribution < -0.4 is 10.6 Å². The van der Waals surface area contributed by atoms with Crippen molar-refractivity contribution in [2.24, 2.45) is 0 Å². The Kier molecular flexibility index (Phi) is 6.64. The first-order valence-corrected chi connectivity index (χ1v) is 9.21. The van der Waals surface area contributed by atoms with Crippen LogP contribution in [0.4, 0.5) is 22.7 Å². The second kappa shape index (κ2) is 9.79. The molecule has 0 atom stereocenters. The van der Waals surface area contributed by atoms with Gasteiger partial charge in [-0.1, -0.05) is 79.4 Å². The SMILES string of the molecule is C=Cc1ccc(N)cc1.c1ccc(N(c2ccccc2)c2ccccc2)cc1. The molecule has 0 radical (unpaired) electrons. The van der Waals surface area contributed by atoms with E-state index in [4.69, 9.17) is 5.73 Å². The first-order chi connectivity index (χ1) is 13.8. The van der Waals surface area contributed by atoms with E-state index in [1.54, 1.807) is 6.08 Å². The topological polar surface area (TPSA) is 29.3 Å². The van der Waals surface area contributed by atoms with Crippen LogP contribution in [0.2, 0.25) is 0 Å². The monoisotopic (exact) mass is 364 g/mol. The third-order valence-corrected chi connectivity index (χ3v) is 4.22. The van der Waals surface area contributed by atoms with Crippen LogP contribution in [0.3, 0.4) is 0 Å². The van der Waals surface area contributed by atoms with Gasteiger partial charge in [0, 0.05) is 22.7 Å². The second-order valence-corrected chi connectivity index (χ2v) is 6.21. The molecule has 2 nitrogen and oxygen atoms in total. The number of rotatable bonds is 4. The summed E-state index contributed by atoms with van der Waals surface area (Å²) in [7, 11) is 0. The smallest absolute Gasteiger partial charge is 0.0461 e. The fourth-order valence-electron chi connectivity index (χ4n) is 2.81. The van der Waals surface area contributed by atoms with E-state index in [1.165, 1.54) is 17.1 Å². The first-order valence-electron chi connectivity index (χ1n) is 9.21. The van der Waals surface area contributed by atoms with Crippen molar-refractivity contribution >= 4 is 28.8 Å². The highest BCUT2D eigenvalue weighted by atomic mass is 15.1. The van der Waals surface area contributed by atoms with Gasteiger partial charge >= 0.3 is 0 Å². The molecule has 0 aliphatic heterocycles. The van der Waals surface area contributed by atoms with Crippen LogP contribution in [0.15, 0.2) is 122 Å². The maximum atomic E-state index is 5.45. The van der Waals surface area contributed by atoms with Gasteiger partial charge in [0.25, 0.3) is 0 Å². The van der Waals surface area contributed by atoms with Crippen LogP contribution in [-0.4, -0.2) is 0 Å². The molecular formula is C26H24N2. The molecule has 138 valence electrons. The zero-order valence-corrected chi connectivity index (χ0v) is 15.8. The van der Waals surface area contributed by atoms with Crippen molar-refractivity contribution in [3.8, 4) is 0 Å². The van der Waals surface area contributed by atoms with Gasteiger partial charge in [-0.15, -0.1) is 0 Å². The summed E-state index contributed by atoms with van der Waals surface area (Å²) in [6.45, 7) is 3.62. The lowest BCUT2D eigenvalue weighted by Gasteiger charge is -2.25. The minimum absolute atomic E-state index is 0.792. The molecule has 2 N–H and O–H groups in total. The summed E-state index contributed by atoms with van der Waals surface area (Å²) < 4.78 is 0. The minimum Gasteiger partial charge on any atom is -0.399 e. The summed E-state index contributed by atoms with van der Waals surface area (Å²) >= 11 is 0. The molecule has 4 rings (SSSR count). The third kappa shape index (κ3) is 5.12. The number of nitrogens with zero attached hydrogens (tertiary/aromatic N) is 1. The molecule has 0 fully saturated rings. The molecule has 0 aliphatic carbocycles. The molecule has 28 heavy (non-hydrogen) atoms. The van der Waals surface area contributed by atoms with E-state index in [9.17, 15) is 0 Å². The third-order valence-electron chi connectivity index (χ3n) is 4.22. The average Bonchev–Trinajstić information content (AvgIpc) is 2.77. The predicted octanol–water partition coefficient (Wildman–Crippen LogP) is 7.07. The zero-order valence-electron chi connectivity index (χ0n) is 15.8. The molecule has 0 amide bonds. The van der Waals surface area contributed by atoms with E-state index in [1.807, 2.05) is 42.5 Å². The van der Waals surface area contributed by atoms with E-state index < -0.39 is 0 Å². The van der Waals surface area contributed by atoms with Crippen molar-refractivity contribution in [2.75, 3.05) is 10.6 Å². The summed E-state index contributed by atoms with van der Waals surface area (Å²) in [5, 5.41) is 0. The molecule has 0 aromatic heterocycles. The molecule has 4 aromatic carbocycles. The Bertz CT molecular complexity index is 869. The molecule has 0 saturated heterocycles. The Morgan fingerprint density at radius 3 is 1.21 bits per heavy atom. The largest absolute Gasteiger partial charge is 0.399 e. The number of benzene rings is 4. The van der Waals surface area contributed by atoms with Crippen molar-refractivity contribution < 1.29 is 0 Å². The molecule has 0 bridgehead atoms. The Morgan fingerprint density at radius 2 is 0.893 bits per heavy atom. The standard InChI is InChI=1S/C18H15N.C8H9N/c1-4-10-16(11-5-1)19(17-12-6-2-7-13-17)18-14-8-3-9-15-18;1-2-7-3-5-8(9)6-4-7/h1-15H;2-6H,1,9H2. The van der Waals surface area contributed by atoms with Gasteiger partial charge in [0.1, 0.15) is 0 Å². The van der Waals surface area contributed by atoms with E-state index in [0.29, 0.717) is 0 Å². The number of para-hydroxylation sites is 3. The summed E-state index contributed by atoms with van der Waals surface area (Å²) in [6, 6.07) is 38.8. The summed E-state index contributed by atoms with van der Waals surface area (Å²) in [5.74, 6) is 0. The Morgan fingerprint density at radius 1 is 0.536 bits per heavy atom.